The van der Waals surface area contributed by atoms with Crippen molar-refractivity contribution in [3.63, 3.8) is 0 Å². The SMILES string of the molecule is CCSCCC1(CN)CCOc2ccccc21. The van der Waals surface area contributed by atoms with Crippen LogP contribution in [0.4, 0.5) is 0 Å². The van der Waals surface area contributed by atoms with E-state index in [0.717, 1.165) is 31.7 Å². The maximum atomic E-state index is 6.07. The molecule has 0 bridgehead atoms. The van der Waals surface area contributed by atoms with Crippen molar-refractivity contribution in [3.05, 3.63) is 29.8 Å². The molecule has 0 radical (unpaired) electrons. The number of para-hydroxylation sites is 1. The number of rotatable bonds is 5. The Morgan fingerprint density at radius 2 is 2.24 bits per heavy atom. The van der Waals surface area contributed by atoms with E-state index in [9.17, 15) is 0 Å². The normalized spacial score (nSPS) is 22.9. The number of ether oxygens (including phenoxy) is 1. The molecular formula is C14H21NOS. The van der Waals surface area contributed by atoms with E-state index in [1.54, 1.807) is 0 Å². The fourth-order valence-electron chi connectivity index (χ4n) is 2.51. The van der Waals surface area contributed by atoms with Gasteiger partial charge in [-0.05, 0) is 30.4 Å². The van der Waals surface area contributed by atoms with Gasteiger partial charge in [0.2, 0.25) is 0 Å². The Morgan fingerprint density at radius 1 is 1.41 bits per heavy atom. The summed E-state index contributed by atoms with van der Waals surface area (Å²) in [6.07, 6.45) is 2.20. The molecule has 2 nitrogen and oxygen atoms in total. The number of thioether (sulfide) groups is 1. The first-order valence-corrected chi connectivity index (χ1v) is 7.48. The maximum absolute atomic E-state index is 6.07. The Morgan fingerprint density at radius 3 is 3.00 bits per heavy atom. The minimum Gasteiger partial charge on any atom is -0.493 e. The van der Waals surface area contributed by atoms with Crippen LogP contribution in [-0.2, 0) is 5.41 Å². The molecule has 1 aliphatic rings. The van der Waals surface area contributed by atoms with Crippen LogP contribution in [0.25, 0.3) is 0 Å². The molecule has 1 aliphatic heterocycles. The second-order valence-electron chi connectivity index (χ2n) is 4.53. The zero-order valence-corrected chi connectivity index (χ0v) is 11.3. The van der Waals surface area contributed by atoms with Gasteiger partial charge in [0.05, 0.1) is 6.61 Å². The summed E-state index contributed by atoms with van der Waals surface area (Å²) in [5.41, 5.74) is 7.52. The molecule has 0 saturated carbocycles. The van der Waals surface area contributed by atoms with Crippen molar-refractivity contribution in [2.45, 2.75) is 25.2 Å². The van der Waals surface area contributed by atoms with E-state index in [2.05, 4.69) is 25.1 Å². The van der Waals surface area contributed by atoms with Crippen LogP contribution >= 0.6 is 11.8 Å². The van der Waals surface area contributed by atoms with Crippen molar-refractivity contribution in [3.8, 4) is 5.75 Å². The standard InChI is InChI=1S/C14H21NOS/c1-2-17-10-8-14(11-15)7-9-16-13-6-4-3-5-12(13)14/h3-6H,2,7-11,15H2,1H3. The minimum atomic E-state index is 0.136. The lowest BCUT2D eigenvalue weighted by Crippen LogP contribution is -2.40. The minimum absolute atomic E-state index is 0.136. The third-order valence-corrected chi connectivity index (χ3v) is 4.52. The molecule has 2 rings (SSSR count). The van der Waals surface area contributed by atoms with Crippen LogP contribution in [0, 0.1) is 0 Å². The zero-order valence-electron chi connectivity index (χ0n) is 10.4. The molecule has 0 fully saturated rings. The summed E-state index contributed by atoms with van der Waals surface area (Å²) in [5, 5.41) is 0. The lowest BCUT2D eigenvalue weighted by Gasteiger charge is -2.38. The number of nitrogens with two attached hydrogens (primary N) is 1. The van der Waals surface area contributed by atoms with E-state index >= 15 is 0 Å². The Balaban J connectivity index is 2.22. The van der Waals surface area contributed by atoms with Gasteiger partial charge in [-0.1, -0.05) is 25.1 Å². The van der Waals surface area contributed by atoms with Gasteiger partial charge in [0.1, 0.15) is 5.75 Å². The fraction of sp³-hybridized carbons (Fsp3) is 0.571. The van der Waals surface area contributed by atoms with Crippen molar-refractivity contribution in [2.24, 2.45) is 5.73 Å². The van der Waals surface area contributed by atoms with Crippen LogP contribution < -0.4 is 10.5 Å². The molecule has 0 aromatic heterocycles. The molecule has 1 unspecified atom stereocenters. The Hall–Kier alpha value is -0.670. The molecule has 94 valence electrons. The molecular weight excluding hydrogens is 230 g/mol. The highest BCUT2D eigenvalue weighted by Gasteiger charge is 2.35. The molecule has 0 saturated heterocycles. The van der Waals surface area contributed by atoms with Gasteiger partial charge in [-0.15, -0.1) is 0 Å². The molecule has 1 atom stereocenters. The Kier molecular flexibility index (Phi) is 4.35. The fourth-order valence-corrected chi connectivity index (χ4v) is 3.33. The molecule has 1 aromatic carbocycles. The quantitative estimate of drug-likeness (QED) is 0.817. The molecule has 2 N–H and O–H groups in total. The largest absolute Gasteiger partial charge is 0.493 e. The van der Waals surface area contributed by atoms with Crippen LogP contribution in [0.1, 0.15) is 25.3 Å². The van der Waals surface area contributed by atoms with Crippen LogP contribution in [-0.4, -0.2) is 24.7 Å². The predicted octanol–water partition coefficient (Wildman–Crippen LogP) is 2.81. The molecule has 1 aromatic rings. The summed E-state index contributed by atoms with van der Waals surface area (Å²) in [5.74, 6) is 3.39. The summed E-state index contributed by atoms with van der Waals surface area (Å²) in [6.45, 7) is 3.72. The van der Waals surface area contributed by atoms with Crippen LogP contribution in [0.15, 0.2) is 24.3 Å². The van der Waals surface area contributed by atoms with E-state index < -0.39 is 0 Å². The Labute approximate surface area is 108 Å². The van der Waals surface area contributed by atoms with Gasteiger partial charge in [-0.2, -0.15) is 11.8 Å². The van der Waals surface area contributed by atoms with Gasteiger partial charge in [-0.3, -0.25) is 0 Å². The van der Waals surface area contributed by atoms with Crippen LogP contribution in [0.2, 0.25) is 0 Å². The second kappa shape index (κ2) is 5.78. The average Bonchev–Trinajstić information content (AvgIpc) is 2.39. The topological polar surface area (TPSA) is 35.2 Å². The van der Waals surface area contributed by atoms with Crippen LogP contribution in [0.3, 0.4) is 0 Å². The number of fused-ring (bicyclic) bond motifs is 1. The highest BCUT2D eigenvalue weighted by atomic mass is 32.2. The summed E-state index contributed by atoms with van der Waals surface area (Å²) in [7, 11) is 0. The van der Waals surface area contributed by atoms with E-state index in [1.807, 2.05) is 17.8 Å². The Bertz CT molecular complexity index is 369. The predicted molar refractivity (Wildman–Crippen MR) is 74.9 cm³/mol. The summed E-state index contributed by atoms with van der Waals surface area (Å²) in [4.78, 5) is 0. The number of hydrogen-bond donors (Lipinski definition) is 1. The number of benzene rings is 1. The van der Waals surface area contributed by atoms with Gasteiger partial charge >= 0.3 is 0 Å². The summed E-state index contributed by atoms with van der Waals surface area (Å²) >= 11 is 1.99. The van der Waals surface area contributed by atoms with Crippen molar-refractivity contribution in [1.29, 1.82) is 0 Å². The second-order valence-corrected chi connectivity index (χ2v) is 5.92. The van der Waals surface area contributed by atoms with Crippen molar-refractivity contribution >= 4 is 11.8 Å². The summed E-state index contributed by atoms with van der Waals surface area (Å²) < 4.78 is 5.72. The molecule has 0 aliphatic carbocycles. The van der Waals surface area contributed by atoms with Crippen molar-refractivity contribution < 1.29 is 4.74 Å². The van der Waals surface area contributed by atoms with Crippen LogP contribution in [0.5, 0.6) is 5.75 Å². The highest BCUT2D eigenvalue weighted by molar-refractivity contribution is 7.99. The first-order valence-electron chi connectivity index (χ1n) is 6.32. The third kappa shape index (κ3) is 2.61. The van der Waals surface area contributed by atoms with Crippen molar-refractivity contribution in [1.82, 2.24) is 0 Å². The lowest BCUT2D eigenvalue weighted by molar-refractivity contribution is 0.213. The highest BCUT2D eigenvalue weighted by Crippen LogP contribution is 2.41. The first kappa shape index (κ1) is 12.8. The summed E-state index contributed by atoms with van der Waals surface area (Å²) in [6, 6.07) is 8.36. The molecule has 1 heterocycles. The number of hydrogen-bond acceptors (Lipinski definition) is 3. The van der Waals surface area contributed by atoms with Gasteiger partial charge < -0.3 is 10.5 Å². The van der Waals surface area contributed by atoms with Gasteiger partial charge in [0.15, 0.2) is 0 Å². The molecule has 0 spiro atoms. The van der Waals surface area contributed by atoms with E-state index in [4.69, 9.17) is 10.5 Å². The zero-order chi connectivity index (χ0) is 12.1. The van der Waals surface area contributed by atoms with E-state index in [1.165, 1.54) is 17.1 Å². The third-order valence-electron chi connectivity index (χ3n) is 3.62. The monoisotopic (exact) mass is 251 g/mol. The van der Waals surface area contributed by atoms with Gasteiger partial charge in [0.25, 0.3) is 0 Å². The lowest BCUT2D eigenvalue weighted by atomic mass is 9.74. The molecule has 3 heteroatoms. The van der Waals surface area contributed by atoms with Gasteiger partial charge in [-0.25, -0.2) is 0 Å². The van der Waals surface area contributed by atoms with Crippen molar-refractivity contribution in [2.75, 3.05) is 24.7 Å². The van der Waals surface area contributed by atoms with E-state index in [0.29, 0.717) is 0 Å². The molecule has 17 heavy (non-hydrogen) atoms. The van der Waals surface area contributed by atoms with E-state index in [-0.39, 0.29) is 5.41 Å². The van der Waals surface area contributed by atoms with Gasteiger partial charge in [0, 0.05) is 17.5 Å². The maximum Gasteiger partial charge on any atom is 0.123 e. The average molecular weight is 251 g/mol. The molecule has 0 amide bonds. The first-order chi connectivity index (χ1) is 8.32. The smallest absolute Gasteiger partial charge is 0.123 e.